The quantitative estimate of drug-likeness (QED) is 0.887. The van der Waals surface area contributed by atoms with E-state index in [0.29, 0.717) is 12.3 Å². The summed E-state index contributed by atoms with van der Waals surface area (Å²) in [6, 6.07) is 12.6. The number of hydrogen-bond donors (Lipinski definition) is 2. The second-order valence-corrected chi connectivity index (χ2v) is 5.82. The summed E-state index contributed by atoms with van der Waals surface area (Å²) in [7, 11) is 0. The lowest BCUT2D eigenvalue weighted by Crippen LogP contribution is -2.30. The van der Waals surface area contributed by atoms with Crippen molar-refractivity contribution < 1.29 is 9.84 Å². The number of fused-ring (bicyclic) bond motifs is 1. The fourth-order valence-corrected chi connectivity index (χ4v) is 2.91. The van der Waals surface area contributed by atoms with Gasteiger partial charge in [-0.15, -0.1) is 0 Å². The number of nitrogens with one attached hydrogen (secondary N) is 1. The third kappa shape index (κ3) is 3.74. The molecule has 0 saturated carbocycles. The second kappa shape index (κ2) is 6.92. The molecule has 0 unspecified atom stereocenters. The summed E-state index contributed by atoms with van der Waals surface area (Å²) < 4.78 is 5.96. The Kier molecular flexibility index (Phi) is 4.73. The van der Waals surface area contributed by atoms with Gasteiger partial charge in [0, 0.05) is 6.61 Å². The Morgan fingerprint density at radius 1 is 1.05 bits per heavy atom. The first-order valence-electron chi connectivity index (χ1n) is 7.82. The van der Waals surface area contributed by atoms with Crippen LogP contribution in [0.1, 0.15) is 18.4 Å². The molecule has 0 bridgehead atoms. The summed E-state index contributed by atoms with van der Waals surface area (Å²) in [5.41, 5.74) is 1.17. The number of hydrogen-bond acceptors (Lipinski definition) is 3. The maximum atomic E-state index is 9.01. The number of ether oxygens (including phenoxy) is 1. The van der Waals surface area contributed by atoms with E-state index in [4.69, 9.17) is 9.84 Å². The van der Waals surface area contributed by atoms with E-state index < -0.39 is 0 Å². The number of aliphatic hydroxyl groups is 1. The third-order valence-electron chi connectivity index (χ3n) is 4.22. The van der Waals surface area contributed by atoms with Gasteiger partial charge in [0.15, 0.2) is 0 Å². The van der Waals surface area contributed by atoms with Crippen LogP contribution in [-0.4, -0.2) is 31.4 Å². The van der Waals surface area contributed by atoms with Crippen molar-refractivity contribution in [3.8, 4) is 5.75 Å². The maximum Gasteiger partial charge on any atom is 0.119 e. The Labute approximate surface area is 125 Å². The Morgan fingerprint density at radius 3 is 2.62 bits per heavy atom. The van der Waals surface area contributed by atoms with Gasteiger partial charge in [-0.05, 0) is 66.7 Å². The van der Waals surface area contributed by atoms with Crippen molar-refractivity contribution in [2.24, 2.45) is 5.92 Å². The molecule has 3 rings (SSSR count). The molecule has 1 aliphatic heterocycles. The number of piperidine rings is 1. The van der Waals surface area contributed by atoms with Crippen LogP contribution in [0.3, 0.4) is 0 Å². The fourth-order valence-electron chi connectivity index (χ4n) is 2.91. The summed E-state index contributed by atoms with van der Waals surface area (Å²) in [4.78, 5) is 0. The molecule has 0 amide bonds. The highest BCUT2D eigenvalue weighted by molar-refractivity contribution is 5.84. The van der Waals surface area contributed by atoms with Crippen LogP contribution in [0.2, 0.25) is 0 Å². The molecule has 0 spiro atoms. The van der Waals surface area contributed by atoms with Crippen LogP contribution in [0.25, 0.3) is 10.8 Å². The first kappa shape index (κ1) is 14.4. The van der Waals surface area contributed by atoms with Gasteiger partial charge in [0.1, 0.15) is 5.75 Å². The smallest absolute Gasteiger partial charge is 0.119 e. The molecule has 3 heteroatoms. The Hall–Kier alpha value is -1.58. The molecule has 0 aliphatic carbocycles. The highest BCUT2D eigenvalue weighted by Gasteiger charge is 2.13. The van der Waals surface area contributed by atoms with Gasteiger partial charge in [-0.2, -0.15) is 0 Å². The van der Waals surface area contributed by atoms with Crippen LogP contribution < -0.4 is 10.1 Å². The predicted molar refractivity (Wildman–Crippen MR) is 85.8 cm³/mol. The summed E-state index contributed by atoms with van der Waals surface area (Å²) in [5, 5.41) is 14.8. The molecule has 3 nitrogen and oxygen atoms in total. The van der Waals surface area contributed by atoms with Gasteiger partial charge >= 0.3 is 0 Å². The van der Waals surface area contributed by atoms with Crippen molar-refractivity contribution in [1.29, 1.82) is 0 Å². The molecule has 0 aromatic heterocycles. The van der Waals surface area contributed by atoms with Crippen LogP contribution >= 0.6 is 0 Å². The van der Waals surface area contributed by atoms with Crippen LogP contribution in [0.15, 0.2) is 36.4 Å². The first-order chi connectivity index (χ1) is 10.3. The molecule has 1 heterocycles. The Balaban J connectivity index is 1.67. The van der Waals surface area contributed by atoms with Crippen molar-refractivity contribution in [2.75, 3.05) is 26.3 Å². The van der Waals surface area contributed by atoms with Gasteiger partial charge in [0.25, 0.3) is 0 Å². The summed E-state index contributed by atoms with van der Waals surface area (Å²) in [6.07, 6.45) is 3.13. The third-order valence-corrected chi connectivity index (χ3v) is 4.22. The van der Waals surface area contributed by atoms with Crippen LogP contribution in [0.4, 0.5) is 0 Å². The molecular weight excluding hydrogens is 262 g/mol. The zero-order chi connectivity index (χ0) is 14.5. The molecular formula is C18H23NO2. The number of rotatable bonds is 5. The molecule has 2 N–H and O–H groups in total. The summed E-state index contributed by atoms with van der Waals surface area (Å²) in [6.45, 7) is 3.23. The molecule has 1 fully saturated rings. The average Bonchev–Trinajstić information content (AvgIpc) is 2.54. The average molecular weight is 285 g/mol. The maximum absolute atomic E-state index is 9.01. The topological polar surface area (TPSA) is 41.5 Å². The normalized spacial score (nSPS) is 16.2. The van der Waals surface area contributed by atoms with Crippen molar-refractivity contribution in [3.05, 3.63) is 42.0 Å². The molecule has 0 atom stereocenters. The lowest BCUT2D eigenvalue weighted by Gasteiger charge is -2.22. The van der Waals surface area contributed by atoms with Crippen molar-refractivity contribution in [3.63, 3.8) is 0 Å². The molecule has 2 aromatic carbocycles. The van der Waals surface area contributed by atoms with E-state index in [1.54, 1.807) is 0 Å². The van der Waals surface area contributed by atoms with E-state index in [9.17, 15) is 0 Å². The van der Waals surface area contributed by atoms with Gasteiger partial charge in [-0.1, -0.05) is 24.3 Å². The Morgan fingerprint density at radius 2 is 1.81 bits per heavy atom. The highest BCUT2D eigenvalue weighted by atomic mass is 16.5. The number of benzene rings is 2. The minimum Gasteiger partial charge on any atom is -0.493 e. The standard InChI is InChI=1S/C18H23NO2/c20-10-7-14-1-2-17-12-18(4-3-16(17)11-14)21-13-15-5-8-19-9-6-15/h1-4,11-12,15,19-20H,5-10,13H2. The van der Waals surface area contributed by atoms with E-state index in [1.807, 2.05) is 6.07 Å². The summed E-state index contributed by atoms with van der Waals surface area (Å²) in [5.74, 6) is 1.63. The second-order valence-electron chi connectivity index (χ2n) is 5.82. The van der Waals surface area contributed by atoms with E-state index >= 15 is 0 Å². The predicted octanol–water partition coefficient (Wildman–Crippen LogP) is 2.75. The van der Waals surface area contributed by atoms with Crippen molar-refractivity contribution in [1.82, 2.24) is 5.32 Å². The molecule has 21 heavy (non-hydrogen) atoms. The van der Waals surface area contributed by atoms with Gasteiger partial charge in [-0.3, -0.25) is 0 Å². The van der Waals surface area contributed by atoms with Crippen LogP contribution in [0.5, 0.6) is 5.75 Å². The lowest BCUT2D eigenvalue weighted by molar-refractivity contribution is 0.215. The number of aliphatic hydroxyl groups excluding tert-OH is 1. The molecule has 112 valence electrons. The van der Waals surface area contributed by atoms with Gasteiger partial charge < -0.3 is 15.2 Å². The van der Waals surface area contributed by atoms with E-state index in [-0.39, 0.29) is 6.61 Å². The van der Waals surface area contributed by atoms with Crippen molar-refractivity contribution in [2.45, 2.75) is 19.3 Å². The van der Waals surface area contributed by atoms with Gasteiger partial charge in [0.05, 0.1) is 6.61 Å². The van der Waals surface area contributed by atoms with Crippen LogP contribution in [0, 0.1) is 5.92 Å². The monoisotopic (exact) mass is 285 g/mol. The lowest BCUT2D eigenvalue weighted by atomic mass is 9.99. The molecule has 2 aromatic rings. The van der Waals surface area contributed by atoms with E-state index in [1.165, 1.54) is 29.2 Å². The van der Waals surface area contributed by atoms with E-state index in [2.05, 4.69) is 35.6 Å². The summed E-state index contributed by atoms with van der Waals surface area (Å²) >= 11 is 0. The Bertz CT molecular complexity index is 591. The van der Waals surface area contributed by atoms with Gasteiger partial charge in [-0.25, -0.2) is 0 Å². The minimum atomic E-state index is 0.197. The molecule has 1 saturated heterocycles. The van der Waals surface area contributed by atoms with E-state index in [0.717, 1.165) is 25.4 Å². The highest BCUT2D eigenvalue weighted by Crippen LogP contribution is 2.23. The zero-order valence-electron chi connectivity index (χ0n) is 12.3. The zero-order valence-corrected chi connectivity index (χ0v) is 12.3. The largest absolute Gasteiger partial charge is 0.493 e. The van der Waals surface area contributed by atoms with Crippen molar-refractivity contribution >= 4 is 10.8 Å². The minimum absolute atomic E-state index is 0.197. The van der Waals surface area contributed by atoms with Crippen LogP contribution in [-0.2, 0) is 6.42 Å². The van der Waals surface area contributed by atoms with Gasteiger partial charge in [0.2, 0.25) is 0 Å². The molecule has 1 aliphatic rings. The SMILES string of the molecule is OCCc1ccc2cc(OCC3CCNCC3)ccc2c1. The molecule has 0 radical (unpaired) electrons. The fraction of sp³-hybridized carbons (Fsp3) is 0.444. The first-order valence-corrected chi connectivity index (χ1v) is 7.82.